The van der Waals surface area contributed by atoms with Crippen LogP contribution in [0.3, 0.4) is 0 Å². The van der Waals surface area contributed by atoms with Crippen LogP contribution in [0.4, 0.5) is 0 Å². The number of carbonyl (C=O) groups excluding carboxylic acids is 1. The van der Waals surface area contributed by atoms with Crippen molar-refractivity contribution in [2.45, 2.75) is 31.8 Å². The van der Waals surface area contributed by atoms with Crippen LogP contribution in [-0.4, -0.2) is 36.5 Å². The van der Waals surface area contributed by atoms with E-state index in [4.69, 9.17) is 5.11 Å². The third-order valence-electron chi connectivity index (χ3n) is 4.95. The Morgan fingerprint density at radius 1 is 1.17 bits per heavy atom. The average Bonchev–Trinajstić information content (AvgIpc) is 2.75. The molecule has 9 nitrogen and oxygen atoms in total. The minimum Gasteiger partial charge on any atom is -0.481 e. The number of carbonyl (C=O) groups is 2. The van der Waals surface area contributed by atoms with E-state index in [1.165, 1.54) is 12.4 Å². The molecule has 4 rings (SSSR count). The topological polar surface area (TPSA) is 127 Å². The van der Waals surface area contributed by atoms with Gasteiger partial charge in [0.25, 0.3) is 11.5 Å². The van der Waals surface area contributed by atoms with E-state index in [0.717, 1.165) is 6.42 Å². The maximum Gasteiger partial charge on any atom is 0.307 e. The second-order valence-corrected chi connectivity index (χ2v) is 7.02. The van der Waals surface area contributed by atoms with Gasteiger partial charge in [-0.1, -0.05) is 12.1 Å². The molecule has 3 heterocycles. The van der Waals surface area contributed by atoms with Crippen LogP contribution in [0.2, 0.25) is 0 Å². The maximum atomic E-state index is 12.7. The predicted octanol–water partition coefficient (Wildman–Crippen LogP) is 1.59. The monoisotopic (exact) mass is 405 g/mol. The Kier molecular flexibility index (Phi) is 5.34. The maximum absolute atomic E-state index is 12.7. The number of rotatable bonds is 5. The molecule has 0 radical (unpaired) electrons. The molecule has 1 atom stereocenters. The van der Waals surface area contributed by atoms with Crippen LogP contribution in [0.15, 0.2) is 53.7 Å². The number of aromatic nitrogens is 4. The van der Waals surface area contributed by atoms with E-state index >= 15 is 0 Å². The van der Waals surface area contributed by atoms with Gasteiger partial charge in [-0.3, -0.25) is 19.0 Å². The van der Waals surface area contributed by atoms with Crippen molar-refractivity contribution in [3.05, 3.63) is 76.2 Å². The van der Waals surface area contributed by atoms with Crippen LogP contribution < -0.4 is 10.9 Å². The van der Waals surface area contributed by atoms with Gasteiger partial charge in [-0.25, -0.2) is 15.0 Å². The smallest absolute Gasteiger partial charge is 0.307 e. The first-order valence-corrected chi connectivity index (χ1v) is 9.51. The highest BCUT2D eigenvalue weighted by Crippen LogP contribution is 2.24. The van der Waals surface area contributed by atoms with Crippen LogP contribution in [0, 0.1) is 0 Å². The summed E-state index contributed by atoms with van der Waals surface area (Å²) in [6.45, 7) is 0.543. The second kappa shape index (κ2) is 8.24. The van der Waals surface area contributed by atoms with Gasteiger partial charge in [0.2, 0.25) is 0 Å². The highest BCUT2D eigenvalue weighted by atomic mass is 16.4. The number of carboxylic acid groups (broad SMARTS) is 1. The number of hydrogen-bond acceptors (Lipinski definition) is 6. The lowest BCUT2D eigenvalue weighted by molar-refractivity contribution is -0.136. The van der Waals surface area contributed by atoms with Crippen molar-refractivity contribution in [2.75, 3.05) is 0 Å². The number of nitrogens with one attached hydrogen (secondary N) is 1. The van der Waals surface area contributed by atoms with Gasteiger partial charge in [0.1, 0.15) is 12.2 Å². The zero-order valence-electron chi connectivity index (χ0n) is 16.0. The Morgan fingerprint density at radius 2 is 1.97 bits per heavy atom. The standard InChI is InChI=1S/C21H19N5O4/c27-18-11-17(15-7-8-22-12-23-15)24-20-16(2-1-9-26(18)20)25-21(30)14-5-3-13(4-6-14)10-19(28)29/h3-8,11-12,16H,1-2,9-10H2,(H,25,30)(H,28,29). The van der Waals surface area contributed by atoms with E-state index in [2.05, 4.69) is 20.3 Å². The number of aliphatic carboxylic acids is 1. The fraction of sp³-hybridized carbons (Fsp3) is 0.238. The van der Waals surface area contributed by atoms with Crippen LogP contribution in [0.5, 0.6) is 0 Å². The quantitative estimate of drug-likeness (QED) is 0.660. The summed E-state index contributed by atoms with van der Waals surface area (Å²) in [5.74, 6) is -0.739. The summed E-state index contributed by atoms with van der Waals surface area (Å²) in [6.07, 6.45) is 4.26. The number of carboxylic acids is 1. The lowest BCUT2D eigenvalue weighted by atomic mass is 10.0. The largest absolute Gasteiger partial charge is 0.481 e. The molecule has 3 aromatic rings. The zero-order chi connectivity index (χ0) is 21.1. The number of hydrogen-bond donors (Lipinski definition) is 2. The minimum atomic E-state index is -0.929. The summed E-state index contributed by atoms with van der Waals surface area (Å²) < 4.78 is 1.58. The number of nitrogens with zero attached hydrogens (tertiary/aromatic N) is 4. The molecular weight excluding hydrogens is 386 g/mol. The van der Waals surface area contributed by atoms with E-state index in [1.807, 2.05) is 0 Å². The highest BCUT2D eigenvalue weighted by Gasteiger charge is 2.25. The van der Waals surface area contributed by atoms with Gasteiger partial charge in [0, 0.05) is 24.4 Å². The molecule has 9 heteroatoms. The van der Waals surface area contributed by atoms with Gasteiger partial charge < -0.3 is 10.4 Å². The Labute approximate surface area is 171 Å². The fourth-order valence-electron chi connectivity index (χ4n) is 3.50. The molecule has 0 aliphatic carbocycles. The minimum absolute atomic E-state index is 0.101. The number of amides is 1. The number of benzene rings is 1. The molecule has 1 aromatic carbocycles. The van der Waals surface area contributed by atoms with Gasteiger partial charge in [-0.2, -0.15) is 0 Å². The van der Waals surface area contributed by atoms with Crippen LogP contribution in [0.25, 0.3) is 11.4 Å². The Balaban J connectivity index is 1.59. The van der Waals surface area contributed by atoms with Crippen molar-refractivity contribution in [3.63, 3.8) is 0 Å². The molecular formula is C21H19N5O4. The molecule has 1 aliphatic rings. The summed E-state index contributed by atoms with van der Waals surface area (Å²) in [6, 6.07) is 9.12. The van der Waals surface area contributed by atoms with Crippen molar-refractivity contribution in [3.8, 4) is 11.4 Å². The molecule has 0 bridgehead atoms. The molecule has 0 saturated carbocycles. The van der Waals surface area contributed by atoms with Gasteiger partial charge in [-0.15, -0.1) is 0 Å². The van der Waals surface area contributed by atoms with Crippen molar-refractivity contribution >= 4 is 11.9 Å². The normalized spacial score (nSPS) is 15.3. The summed E-state index contributed by atoms with van der Waals surface area (Å²) in [4.78, 5) is 48.8. The lowest BCUT2D eigenvalue weighted by Crippen LogP contribution is -2.38. The molecule has 30 heavy (non-hydrogen) atoms. The van der Waals surface area contributed by atoms with Crippen LogP contribution in [-0.2, 0) is 17.8 Å². The summed E-state index contributed by atoms with van der Waals surface area (Å²) >= 11 is 0. The van der Waals surface area contributed by atoms with Crippen molar-refractivity contribution < 1.29 is 14.7 Å². The highest BCUT2D eigenvalue weighted by molar-refractivity contribution is 5.94. The third kappa shape index (κ3) is 4.09. The molecule has 0 saturated heterocycles. The summed E-state index contributed by atoms with van der Waals surface area (Å²) in [5, 5.41) is 11.8. The molecule has 2 aromatic heterocycles. The summed E-state index contributed by atoms with van der Waals surface area (Å²) in [5.41, 5.74) is 1.81. The van der Waals surface area contributed by atoms with Crippen molar-refractivity contribution in [2.24, 2.45) is 0 Å². The first kappa shape index (κ1) is 19.4. The first-order chi connectivity index (χ1) is 14.5. The van der Waals surface area contributed by atoms with E-state index < -0.39 is 12.0 Å². The number of fused-ring (bicyclic) bond motifs is 1. The molecule has 1 unspecified atom stereocenters. The van der Waals surface area contributed by atoms with Crippen LogP contribution >= 0.6 is 0 Å². The Hall–Kier alpha value is -3.88. The van der Waals surface area contributed by atoms with Crippen molar-refractivity contribution in [1.82, 2.24) is 24.8 Å². The molecule has 0 fully saturated rings. The van der Waals surface area contributed by atoms with Gasteiger partial charge in [-0.05, 0) is 36.6 Å². The molecule has 152 valence electrons. The average molecular weight is 405 g/mol. The predicted molar refractivity (Wildman–Crippen MR) is 107 cm³/mol. The lowest BCUT2D eigenvalue weighted by Gasteiger charge is -2.27. The molecule has 1 amide bonds. The molecule has 2 N–H and O–H groups in total. The Bertz CT molecular complexity index is 1140. The van der Waals surface area contributed by atoms with Gasteiger partial charge in [0.15, 0.2) is 0 Å². The zero-order valence-corrected chi connectivity index (χ0v) is 16.0. The summed E-state index contributed by atoms with van der Waals surface area (Å²) in [7, 11) is 0. The van der Waals surface area contributed by atoms with Gasteiger partial charge in [0.05, 0.1) is 23.9 Å². The third-order valence-corrected chi connectivity index (χ3v) is 4.95. The van der Waals surface area contributed by atoms with Gasteiger partial charge >= 0.3 is 5.97 Å². The SMILES string of the molecule is O=C(O)Cc1ccc(C(=O)NC2CCCn3c2nc(-c2ccncn2)cc3=O)cc1. The van der Waals surface area contributed by atoms with E-state index in [-0.39, 0.29) is 17.9 Å². The van der Waals surface area contributed by atoms with E-state index in [0.29, 0.717) is 41.3 Å². The molecule has 1 aliphatic heterocycles. The Morgan fingerprint density at radius 3 is 2.67 bits per heavy atom. The van der Waals surface area contributed by atoms with Crippen molar-refractivity contribution in [1.29, 1.82) is 0 Å². The fourth-order valence-corrected chi connectivity index (χ4v) is 3.50. The first-order valence-electron chi connectivity index (χ1n) is 9.51. The van der Waals surface area contributed by atoms with Crippen LogP contribution in [0.1, 0.15) is 40.6 Å². The molecule has 0 spiro atoms. The van der Waals surface area contributed by atoms with E-state index in [9.17, 15) is 14.4 Å². The second-order valence-electron chi connectivity index (χ2n) is 7.02. The van der Waals surface area contributed by atoms with E-state index in [1.54, 1.807) is 41.1 Å².